The molecule has 0 atom stereocenters. The van der Waals surface area contributed by atoms with Crippen molar-refractivity contribution in [1.29, 1.82) is 0 Å². The van der Waals surface area contributed by atoms with Crippen molar-refractivity contribution >= 4 is 50.8 Å². The summed E-state index contributed by atoms with van der Waals surface area (Å²) >= 11 is 3.34. The summed E-state index contributed by atoms with van der Waals surface area (Å²) in [5.41, 5.74) is 3.09. The lowest BCUT2D eigenvalue weighted by Crippen LogP contribution is -2.02. The van der Waals surface area contributed by atoms with Gasteiger partial charge in [0.15, 0.2) is 5.16 Å². The van der Waals surface area contributed by atoms with Gasteiger partial charge in [0.05, 0.1) is 11.8 Å². The Kier molecular flexibility index (Phi) is 4.82. The number of hydrogen-bond acceptors (Lipinski definition) is 6. The number of carbonyl (C=O) groups is 1. The molecule has 0 spiro atoms. The van der Waals surface area contributed by atoms with E-state index in [0.29, 0.717) is 0 Å². The summed E-state index contributed by atoms with van der Waals surface area (Å²) in [6.45, 7) is 0. The molecule has 0 saturated heterocycles. The standard InChI is InChI=1S/C19H19N3O2S2/c1-25-19-21-17(20-12-8-6-11(7-9-12)10-15(23)24)16-13-4-2-3-5-14(13)26-18(16)22-19/h6-9H,2-5,10H2,1H3,(H,23,24)(H,20,21,22). The van der Waals surface area contributed by atoms with Crippen LogP contribution in [0, 0.1) is 0 Å². The normalized spacial score (nSPS) is 13.6. The molecule has 0 unspecified atom stereocenters. The maximum Gasteiger partial charge on any atom is 0.307 e. The molecule has 0 amide bonds. The Morgan fingerprint density at radius 1 is 1.23 bits per heavy atom. The highest BCUT2D eigenvalue weighted by Gasteiger charge is 2.21. The zero-order valence-electron chi connectivity index (χ0n) is 14.4. The number of thiophene rings is 1. The first-order chi connectivity index (χ1) is 12.6. The molecule has 4 rings (SSSR count). The summed E-state index contributed by atoms with van der Waals surface area (Å²) in [5.74, 6) is 0.0301. The van der Waals surface area contributed by atoms with E-state index in [2.05, 4.69) is 5.32 Å². The van der Waals surface area contributed by atoms with E-state index in [-0.39, 0.29) is 6.42 Å². The van der Waals surface area contributed by atoms with Crippen molar-refractivity contribution in [2.75, 3.05) is 11.6 Å². The molecule has 0 bridgehead atoms. The number of benzene rings is 1. The Morgan fingerprint density at radius 2 is 2.00 bits per heavy atom. The van der Waals surface area contributed by atoms with Crippen LogP contribution in [0.25, 0.3) is 10.2 Å². The van der Waals surface area contributed by atoms with Gasteiger partial charge in [-0.25, -0.2) is 9.97 Å². The predicted octanol–water partition coefficient (Wildman–Crippen LogP) is 4.66. The van der Waals surface area contributed by atoms with Crippen LogP contribution < -0.4 is 5.32 Å². The third-order valence-electron chi connectivity index (χ3n) is 4.55. The van der Waals surface area contributed by atoms with Crippen LogP contribution in [0.15, 0.2) is 29.4 Å². The molecule has 2 N–H and O–H groups in total. The van der Waals surface area contributed by atoms with E-state index < -0.39 is 5.97 Å². The van der Waals surface area contributed by atoms with Crippen LogP contribution in [-0.2, 0) is 24.1 Å². The van der Waals surface area contributed by atoms with Gasteiger partial charge in [0.25, 0.3) is 0 Å². The molecule has 7 heteroatoms. The Labute approximate surface area is 159 Å². The van der Waals surface area contributed by atoms with E-state index in [0.717, 1.165) is 45.3 Å². The quantitative estimate of drug-likeness (QED) is 0.491. The molecule has 1 aromatic carbocycles. The van der Waals surface area contributed by atoms with E-state index in [1.54, 1.807) is 23.1 Å². The van der Waals surface area contributed by atoms with Gasteiger partial charge in [0, 0.05) is 10.6 Å². The number of aliphatic carboxylic acids is 1. The number of fused-ring (bicyclic) bond motifs is 3. The van der Waals surface area contributed by atoms with Gasteiger partial charge >= 0.3 is 5.97 Å². The summed E-state index contributed by atoms with van der Waals surface area (Å²) in [6.07, 6.45) is 6.70. The number of thioether (sulfide) groups is 1. The van der Waals surface area contributed by atoms with Gasteiger partial charge in [0.2, 0.25) is 0 Å². The number of hydrogen-bond donors (Lipinski definition) is 2. The van der Waals surface area contributed by atoms with Gasteiger partial charge in [0.1, 0.15) is 10.6 Å². The predicted molar refractivity (Wildman–Crippen MR) is 107 cm³/mol. The lowest BCUT2D eigenvalue weighted by Gasteiger charge is -2.13. The molecule has 2 heterocycles. The fourth-order valence-corrected chi connectivity index (χ4v) is 5.02. The molecule has 0 saturated carbocycles. The number of aryl methyl sites for hydroxylation is 2. The average molecular weight is 386 g/mol. The first kappa shape index (κ1) is 17.3. The second kappa shape index (κ2) is 7.25. The summed E-state index contributed by atoms with van der Waals surface area (Å²) in [4.78, 5) is 22.8. The minimum Gasteiger partial charge on any atom is -0.481 e. The third-order valence-corrected chi connectivity index (χ3v) is 6.28. The number of carboxylic acids is 1. The first-order valence-electron chi connectivity index (χ1n) is 8.58. The lowest BCUT2D eigenvalue weighted by molar-refractivity contribution is -0.136. The highest BCUT2D eigenvalue weighted by atomic mass is 32.2. The summed E-state index contributed by atoms with van der Waals surface area (Å²) in [6, 6.07) is 7.49. The Morgan fingerprint density at radius 3 is 2.73 bits per heavy atom. The summed E-state index contributed by atoms with van der Waals surface area (Å²) < 4.78 is 0. The van der Waals surface area contributed by atoms with Crippen molar-refractivity contribution in [2.24, 2.45) is 0 Å². The topological polar surface area (TPSA) is 75.1 Å². The van der Waals surface area contributed by atoms with E-state index in [1.165, 1.54) is 23.3 Å². The van der Waals surface area contributed by atoms with Gasteiger partial charge in [-0.1, -0.05) is 23.9 Å². The average Bonchev–Trinajstić information content (AvgIpc) is 3.01. The molecule has 0 aliphatic heterocycles. The van der Waals surface area contributed by atoms with E-state index in [9.17, 15) is 4.79 Å². The van der Waals surface area contributed by atoms with Crippen LogP contribution in [-0.4, -0.2) is 27.3 Å². The van der Waals surface area contributed by atoms with E-state index >= 15 is 0 Å². The number of nitrogens with zero attached hydrogens (tertiary/aromatic N) is 2. The lowest BCUT2D eigenvalue weighted by atomic mass is 9.97. The van der Waals surface area contributed by atoms with E-state index in [4.69, 9.17) is 15.1 Å². The highest BCUT2D eigenvalue weighted by molar-refractivity contribution is 7.98. The van der Waals surface area contributed by atoms with Crippen LogP contribution in [0.3, 0.4) is 0 Å². The second-order valence-electron chi connectivity index (χ2n) is 6.34. The summed E-state index contributed by atoms with van der Waals surface area (Å²) in [5, 5.41) is 14.3. The summed E-state index contributed by atoms with van der Waals surface area (Å²) in [7, 11) is 0. The second-order valence-corrected chi connectivity index (χ2v) is 8.20. The zero-order chi connectivity index (χ0) is 18.1. The number of rotatable bonds is 5. The maximum atomic E-state index is 10.8. The van der Waals surface area contributed by atoms with Crippen molar-refractivity contribution in [3.05, 3.63) is 40.3 Å². The highest BCUT2D eigenvalue weighted by Crippen LogP contribution is 2.40. The molecule has 1 aliphatic rings. The SMILES string of the molecule is CSc1nc(Nc2ccc(CC(=O)O)cc2)c2c3c(sc2n1)CCCC3. The molecule has 2 aromatic heterocycles. The van der Waals surface area contributed by atoms with Gasteiger partial charge < -0.3 is 10.4 Å². The molecule has 0 radical (unpaired) electrons. The Balaban J connectivity index is 1.73. The molecular formula is C19H19N3O2S2. The minimum atomic E-state index is -0.822. The molecule has 1 aliphatic carbocycles. The Hall–Kier alpha value is -2.12. The van der Waals surface area contributed by atoms with Gasteiger partial charge in [-0.2, -0.15) is 0 Å². The minimum absolute atomic E-state index is 0.0344. The maximum absolute atomic E-state index is 10.8. The number of nitrogens with one attached hydrogen (secondary N) is 1. The number of carboxylic acid groups (broad SMARTS) is 1. The van der Waals surface area contributed by atoms with E-state index in [1.807, 2.05) is 30.5 Å². The van der Waals surface area contributed by atoms with Crippen molar-refractivity contribution < 1.29 is 9.90 Å². The largest absolute Gasteiger partial charge is 0.481 e. The first-order valence-corrected chi connectivity index (χ1v) is 10.6. The van der Waals surface area contributed by atoms with Gasteiger partial charge in [-0.15, -0.1) is 11.3 Å². The molecule has 134 valence electrons. The Bertz CT molecular complexity index is 967. The molecule has 26 heavy (non-hydrogen) atoms. The molecule has 3 aromatic rings. The number of anilines is 2. The number of aromatic nitrogens is 2. The molecule has 5 nitrogen and oxygen atoms in total. The smallest absolute Gasteiger partial charge is 0.307 e. The van der Waals surface area contributed by atoms with Crippen molar-refractivity contribution in [1.82, 2.24) is 9.97 Å². The van der Waals surface area contributed by atoms with Crippen molar-refractivity contribution in [2.45, 2.75) is 37.3 Å². The van der Waals surface area contributed by atoms with Gasteiger partial charge in [-0.05, 0) is 55.2 Å². The fourth-order valence-electron chi connectivity index (χ4n) is 3.34. The van der Waals surface area contributed by atoms with Crippen LogP contribution in [0.2, 0.25) is 0 Å². The van der Waals surface area contributed by atoms with Crippen molar-refractivity contribution in [3.63, 3.8) is 0 Å². The zero-order valence-corrected chi connectivity index (χ0v) is 16.0. The van der Waals surface area contributed by atoms with Crippen LogP contribution in [0.1, 0.15) is 28.8 Å². The molecular weight excluding hydrogens is 366 g/mol. The van der Waals surface area contributed by atoms with Crippen molar-refractivity contribution in [3.8, 4) is 0 Å². The third kappa shape index (κ3) is 3.41. The van der Waals surface area contributed by atoms with Crippen LogP contribution in [0.5, 0.6) is 0 Å². The van der Waals surface area contributed by atoms with Crippen LogP contribution in [0.4, 0.5) is 11.5 Å². The molecule has 0 fully saturated rings. The van der Waals surface area contributed by atoms with Crippen LogP contribution >= 0.6 is 23.1 Å². The van der Waals surface area contributed by atoms with Gasteiger partial charge in [-0.3, -0.25) is 4.79 Å². The fraction of sp³-hybridized carbons (Fsp3) is 0.316. The monoisotopic (exact) mass is 385 g/mol.